The topological polar surface area (TPSA) is 117 Å². The van der Waals surface area contributed by atoms with Crippen molar-refractivity contribution in [1.29, 1.82) is 0 Å². The van der Waals surface area contributed by atoms with Crippen LogP contribution in [-0.4, -0.2) is 76.9 Å². The number of rotatable bonds is 14. The summed E-state index contributed by atoms with van der Waals surface area (Å²) in [5.74, 6) is 0. The molecule has 0 aromatic heterocycles. The second-order valence-electron chi connectivity index (χ2n) is 9.10. The van der Waals surface area contributed by atoms with Crippen molar-refractivity contribution in [3.05, 3.63) is 0 Å². The lowest BCUT2D eigenvalue weighted by Gasteiger charge is -2.45. The number of quaternary nitrogens is 1. The number of urea groups is 3. The summed E-state index contributed by atoms with van der Waals surface area (Å²) in [6.45, 7) is 3.22. The van der Waals surface area contributed by atoms with Gasteiger partial charge in [0.2, 0.25) is 18.3 Å². The Labute approximate surface area is 201 Å². The molecule has 6 amide bonds. The van der Waals surface area contributed by atoms with Crippen molar-refractivity contribution in [2.45, 2.75) is 96.6 Å². The Morgan fingerprint density at radius 1 is 0.824 bits per heavy atom. The summed E-state index contributed by atoms with van der Waals surface area (Å²) in [5.41, 5.74) is 0. The second kappa shape index (κ2) is 14.6. The normalized spacial score (nSPS) is 23.0. The molecule has 2 rings (SSSR count). The average Bonchev–Trinajstić information content (AvgIpc) is 3.04. The third-order valence-electron chi connectivity index (χ3n) is 6.74. The van der Waals surface area contributed by atoms with Gasteiger partial charge in [-0.15, -0.1) is 9.48 Å². The van der Waals surface area contributed by atoms with Crippen LogP contribution in [0.1, 0.15) is 90.4 Å². The molecule has 188 valence electrons. The lowest BCUT2D eigenvalue weighted by atomic mass is 10.1. The highest BCUT2D eigenvalue weighted by Gasteiger charge is 2.62. The van der Waals surface area contributed by atoms with Crippen LogP contribution in [0, 0.1) is 0 Å². The largest absolute Gasteiger partial charge is 0.438 e. The van der Waals surface area contributed by atoms with Crippen LogP contribution in [0.4, 0.5) is 14.4 Å². The van der Waals surface area contributed by atoms with Gasteiger partial charge in [-0.1, -0.05) is 45.4 Å². The number of carbonyl (C=O) groups is 3. The van der Waals surface area contributed by atoms with E-state index in [0.29, 0.717) is 32.2 Å². The number of nitrogens with zero attached hydrogens (tertiary/aromatic N) is 5. The number of unbranched alkanes of at least 4 members (excludes halogenated alkanes) is 7. The minimum absolute atomic E-state index is 0.200. The molecule has 2 fully saturated rings. The van der Waals surface area contributed by atoms with Gasteiger partial charge in [0.05, 0.1) is 13.1 Å². The molecule has 0 aromatic carbocycles. The summed E-state index contributed by atoms with van der Waals surface area (Å²) in [4.78, 5) is 71.9. The molecule has 2 atom stereocenters. The van der Waals surface area contributed by atoms with Gasteiger partial charge in [0.15, 0.2) is 0 Å². The Bertz CT molecular complexity index is 806. The smallest absolute Gasteiger partial charge is 0.247 e. The molecule has 0 bridgehead atoms. The van der Waals surface area contributed by atoms with Crippen LogP contribution in [0.2, 0.25) is 0 Å². The monoisotopic (exact) mass is 476 g/mol. The van der Waals surface area contributed by atoms with E-state index in [1.807, 2.05) is 0 Å². The molecule has 2 aliphatic rings. The van der Waals surface area contributed by atoms with E-state index in [1.54, 1.807) is 6.08 Å². The molecule has 2 saturated heterocycles. The number of amides is 6. The first-order chi connectivity index (χ1) is 16.5. The zero-order valence-electron chi connectivity index (χ0n) is 20.4. The minimum atomic E-state index is -0.848. The SMILES string of the molecule is CCCCCCCN1C(=O)N(CCCCCCN=C=O)C(=O)[N+]2(CCCCCC2N=C=O)C1=O. The van der Waals surface area contributed by atoms with E-state index in [1.165, 1.54) is 15.9 Å². The van der Waals surface area contributed by atoms with Crippen molar-refractivity contribution in [2.75, 3.05) is 26.2 Å². The van der Waals surface area contributed by atoms with Crippen molar-refractivity contribution in [3.8, 4) is 0 Å². The zero-order valence-corrected chi connectivity index (χ0v) is 20.4. The molecule has 34 heavy (non-hydrogen) atoms. The number of aliphatic imine (C=N–C) groups is 2. The van der Waals surface area contributed by atoms with Crippen LogP contribution in [0.3, 0.4) is 0 Å². The highest BCUT2D eigenvalue weighted by atomic mass is 16.2. The maximum Gasteiger partial charge on any atom is 0.438 e. The molecule has 0 aliphatic carbocycles. The van der Waals surface area contributed by atoms with E-state index >= 15 is 0 Å². The molecule has 10 nitrogen and oxygen atoms in total. The van der Waals surface area contributed by atoms with Crippen LogP contribution in [-0.2, 0) is 9.59 Å². The van der Waals surface area contributed by atoms with Gasteiger partial charge in [-0.2, -0.15) is 0 Å². The quantitative estimate of drug-likeness (QED) is 0.153. The molecular formula is C24H38N5O5+. The summed E-state index contributed by atoms with van der Waals surface area (Å²) >= 11 is 0. The standard InChI is InChI=1S/C24H38N5O5/c1-2-3-4-6-11-16-27-22(32)28(17-12-7-5-10-15-25-19-30)24(34)29(23(27)33)18-13-8-9-14-21(29)26-20-31/h21H,2-18H2,1H3/q+1. The van der Waals surface area contributed by atoms with Crippen molar-refractivity contribution in [1.82, 2.24) is 9.80 Å². The van der Waals surface area contributed by atoms with E-state index in [-0.39, 0.29) is 19.6 Å². The van der Waals surface area contributed by atoms with Gasteiger partial charge in [-0.25, -0.2) is 38.8 Å². The lowest BCUT2D eigenvalue weighted by molar-refractivity contribution is -0.803. The molecule has 0 N–H and O–H groups in total. The van der Waals surface area contributed by atoms with E-state index in [9.17, 15) is 24.0 Å². The maximum atomic E-state index is 13.7. The molecule has 0 saturated carbocycles. The fourth-order valence-corrected chi connectivity index (χ4v) is 4.84. The second-order valence-corrected chi connectivity index (χ2v) is 9.10. The molecule has 10 heteroatoms. The molecule has 2 heterocycles. The summed E-state index contributed by atoms with van der Waals surface area (Å²) in [5, 5.41) is 0. The maximum absolute atomic E-state index is 13.7. The molecular weight excluding hydrogens is 438 g/mol. The molecule has 0 aromatic rings. The van der Waals surface area contributed by atoms with Crippen LogP contribution >= 0.6 is 0 Å². The Hall–Kier alpha value is -2.67. The van der Waals surface area contributed by atoms with Crippen molar-refractivity contribution in [3.63, 3.8) is 0 Å². The Morgan fingerprint density at radius 3 is 2.03 bits per heavy atom. The molecule has 2 unspecified atom stereocenters. The Morgan fingerprint density at radius 2 is 1.44 bits per heavy atom. The van der Waals surface area contributed by atoms with Crippen LogP contribution in [0.25, 0.3) is 0 Å². The van der Waals surface area contributed by atoms with Crippen LogP contribution in [0.15, 0.2) is 9.98 Å². The summed E-state index contributed by atoms with van der Waals surface area (Å²) in [6.07, 6.45) is 12.6. The van der Waals surface area contributed by atoms with Crippen molar-refractivity contribution >= 4 is 30.3 Å². The first-order valence-electron chi connectivity index (χ1n) is 12.7. The predicted molar refractivity (Wildman–Crippen MR) is 125 cm³/mol. The van der Waals surface area contributed by atoms with Gasteiger partial charge in [0, 0.05) is 19.5 Å². The fraction of sp³-hybridized carbons (Fsp3) is 0.792. The first kappa shape index (κ1) is 27.6. The zero-order chi connectivity index (χ0) is 24.8. The van der Waals surface area contributed by atoms with Gasteiger partial charge in [-0.05, 0) is 38.5 Å². The van der Waals surface area contributed by atoms with Crippen molar-refractivity contribution in [2.24, 2.45) is 9.98 Å². The van der Waals surface area contributed by atoms with Crippen molar-refractivity contribution < 1.29 is 28.5 Å². The fourth-order valence-electron chi connectivity index (χ4n) is 4.84. The number of hydrogen-bond donors (Lipinski definition) is 0. The van der Waals surface area contributed by atoms with Gasteiger partial charge >= 0.3 is 18.1 Å². The third-order valence-corrected chi connectivity index (χ3v) is 6.74. The Kier molecular flexibility index (Phi) is 11.8. The molecule has 0 radical (unpaired) electrons. The van der Waals surface area contributed by atoms with Gasteiger partial charge in [0.25, 0.3) is 0 Å². The van der Waals surface area contributed by atoms with Gasteiger partial charge in [-0.3, -0.25) is 0 Å². The summed E-state index contributed by atoms with van der Waals surface area (Å²) in [6, 6.07) is -1.70. The lowest BCUT2D eigenvalue weighted by Crippen LogP contribution is -2.76. The van der Waals surface area contributed by atoms with Gasteiger partial charge < -0.3 is 0 Å². The van der Waals surface area contributed by atoms with E-state index < -0.39 is 28.7 Å². The van der Waals surface area contributed by atoms with E-state index in [2.05, 4.69) is 16.9 Å². The number of hydrogen-bond acceptors (Lipinski definition) is 7. The highest BCUT2D eigenvalue weighted by Crippen LogP contribution is 2.34. The molecule has 2 aliphatic heterocycles. The third kappa shape index (κ3) is 6.69. The number of isocyanates is 2. The molecule has 1 spiro atoms. The van der Waals surface area contributed by atoms with E-state index in [4.69, 9.17) is 0 Å². The van der Waals surface area contributed by atoms with Gasteiger partial charge in [0.1, 0.15) is 0 Å². The predicted octanol–water partition coefficient (Wildman–Crippen LogP) is 4.88. The Balaban J connectivity index is 2.23. The minimum Gasteiger partial charge on any atom is -0.247 e. The summed E-state index contributed by atoms with van der Waals surface area (Å²) < 4.78 is -0.621. The first-order valence-corrected chi connectivity index (χ1v) is 12.7. The van der Waals surface area contributed by atoms with Crippen LogP contribution in [0.5, 0.6) is 0 Å². The number of imide groups is 3. The van der Waals surface area contributed by atoms with Crippen LogP contribution < -0.4 is 0 Å². The average molecular weight is 477 g/mol. The summed E-state index contributed by atoms with van der Waals surface area (Å²) in [7, 11) is 0. The van der Waals surface area contributed by atoms with E-state index in [0.717, 1.165) is 57.8 Å². The highest BCUT2D eigenvalue weighted by molar-refractivity contribution is 6.06. The number of carbonyl (C=O) groups excluding carboxylic acids is 5.